The normalized spacial score (nSPS) is 12.9. The molecular weight excluding hydrogens is 166 g/mol. The van der Waals surface area contributed by atoms with Crippen LogP contribution in [0, 0.1) is 13.8 Å². The summed E-state index contributed by atoms with van der Waals surface area (Å²) in [6.07, 6.45) is -0.641. The molecule has 0 aliphatic carbocycles. The summed E-state index contributed by atoms with van der Waals surface area (Å²) in [6.45, 7) is 3.80. The molecule has 0 spiro atoms. The van der Waals surface area contributed by atoms with E-state index in [4.69, 9.17) is 5.73 Å². The summed E-state index contributed by atoms with van der Waals surface area (Å²) in [6, 6.07) is 3.50. The lowest BCUT2D eigenvalue weighted by Crippen LogP contribution is -2.11. The number of rotatable bonds is 2. The quantitative estimate of drug-likeness (QED) is 0.637. The van der Waals surface area contributed by atoms with Crippen molar-refractivity contribution < 1.29 is 10.2 Å². The van der Waals surface area contributed by atoms with Crippen LogP contribution in [0.15, 0.2) is 12.1 Å². The molecule has 1 atom stereocenters. The van der Waals surface area contributed by atoms with Crippen molar-refractivity contribution in [1.29, 1.82) is 0 Å². The van der Waals surface area contributed by atoms with E-state index in [0.717, 1.165) is 16.7 Å². The Morgan fingerprint density at radius 2 is 1.77 bits per heavy atom. The van der Waals surface area contributed by atoms with E-state index in [2.05, 4.69) is 0 Å². The van der Waals surface area contributed by atoms with Crippen LogP contribution in [0.1, 0.15) is 22.8 Å². The average Bonchev–Trinajstić information content (AvgIpc) is 2.12. The summed E-state index contributed by atoms with van der Waals surface area (Å²) < 4.78 is 0. The molecule has 0 bridgehead atoms. The summed E-state index contributed by atoms with van der Waals surface area (Å²) in [5.74, 6) is 0.285. The van der Waals surface area contributed by atoms with E-state index in [0.29, 0.717) is 0 Å². The highest BCUT2D eigenvalue weighted by Gasteiger charge is 2.09. The van der Waals surface area contributed by atoms with E-state index < -0.39 is 6.10 Å². The van der Waals surface area contributed by atoms with Gasteiger partial charge in [0.15, 0.2) is 0 Å². The lowest BCUT2D eigenvalue weighted by atomic mass is 10.0. The van der Waals surface area contributed by atoms with Crippen LogP contribution < -0.4 is 5.73 Å². The van der Waals surface area contributed by atoms with Gasteiger partial charge in [0, 0.05) is 6.54 Å². The minimum Gasteiger partial charge on any atom is -0.507 e. The molecule has 0 amide bonds. The van der Waals surface area contributed by atoms with Crippen LogP contribution in [0.25, 0.3) is 0 Å². The second-order valence-corrected chi connectivity index (χ2v) is 3.25. The Hall–Kier alpha value is -1.06. The van der Waals surface area contributed by atoms with Crippen LogP contribution in [0.5, 0.6) is 5.75 Å². The fourth-order valence-corrected chi connectivity index (χ4v) is 1.32. The van der Waals surface area contributed by atoms with Crippen LogP contribution >= 0.6 is 0 Å². The Bertz CT molecular complexity index is 287. The molecular formula is C10H15NO2. The highest BCUT2D eigenvalue weighted by Crippen LogP contribution is 2.25. The maximum absolute atomic E-state index is 9.47. The van der Waals surface area contributed by atoms with Gasteiger partial charge in [0.25, 0.3) is 0 Å². The van der Waals surface area contributed by atoms with Gasteiger partial charge >= 0.3 is 0 Å². The van der Waals surface area contributed by atoms with Gasteiger partial charge in [-0.3, -0.25) is 0 Å². The standard InChI is InChI=1S/C10H15NO2/c1-6-3-8(9(12)5-11)4-7(2)10(6)13/h3-4,9,12-13H,5,11H2,1-2H3/t9-/m0/s1. The lowest BCUT2D eigenvalue weighted by Gasteiger charge is -2.11. The van der Waals surface area contributed by atoms with E-state index in [1.807, 2.05) is 0 Å². The van der Waals surface area contributed by atoms with E-state index in [1.54, 1.807) is 26.0 Å². The number of aliphatic hydroxyl groups is 1. The second kappa shape index (κ2) is 3.77. The summed E-state index contributed by atoms with van der Waals surface area (Å²) >= 11 is 0. The number of phenolic OH excluding ortho intramolecular Hbond substituents is 1. The zero-order valence-corrected chi connectivity index (χ0v) is 7.91. The molecule has 0 saturated heterocycles. The van der Waals surface area contributed by atoms with Crippen LogP contribution in [0.2, 0.25) is 0 Å². The highest BCUT2D eigenvalue weighted by atomic mass is 16.3. The largest absolute Gasteiger partial charge is 0.507 e. The molecule has 72 valence electrons. The van der Waals surface area contributed by atoms with E-state index in [1.165, 1.54) is 0 Å². The first-order valence-corrected chi connectivity index (χ1v) is 4.24. The van der Waals surface area contributed by atoms with Crippen molar-refractivity contribution in [3.63, 3.8) is 0 Å². The van der Waals surface area contributed by atoms with Gasteiger partial charge in [0.1, 0.15) is 5.75 Å². The first-order valence-electron chi connectivity index (χ1n) is 4.24. The molecule has 4 N–H and O–H groups in total. The highest BCUT2D eigenvalue weighted by molar-refractivity contribution is 5.42. The summed E-state index contributed by atoms with van der Waals surface area (Å²) in [7, 11) is 0. The van der Waals surface area contributed by atoms with Gasteiger partial charge < -0.3 is 15.9 Å². The molecule has 0 heterocycles. The van der Waals surface area contributed by atoms with Crippen molar-refractivity contribution in [1.82, 2.24) is 0 Å². The number of aryl methyl sites for hydroxylation is 2. The van der Waals surface area contributed by atoms with E-state index in [-0.39, 0.29) is 12.3 Å². The van der Waals surface area contributed by atoms with Crippen molar-refractivity contribution in [3.05, 3.63) is 28.8 Å². The van der Waals surface area contributed by atoms with Crippen molar-refractivity contribution in [2.24, 2.45) is 5.73 Å². The monoisotopic (exact) mass is 181 g/mol. The fourth-order valence-electron chi connectivity index (χ4n) is 1.32. The van der Waals surface area contributed by atoms with Crippen LogP contribution in [0.3, 0.4) is 0 Å². The SMILES string of the molecule is Cc1cc([C@@H](O)CN)cc(C)c1O. The third kappa shape index (κ3) is 1.99. The minimum atomic E-state index is -0.641. The van der Waals surface area contributed by atoms with E-state index >= 15 is 0 Å². The summed E-state index contributed by atoms with van der Waals surface area (Å²) in [5.41, 5.74) is 7.62. The predicted molar refractivity (Wildman–Crippen MR) is 51.6 cm³/mol. The van der Waals surface area contributed by atoms with Gasteiger partial charge in [0.2, 0.25) is 0 Å². The number of aliphatic hydroxyl groups excluding tert-OH is 1. The van der Waals surface area contributed by atoms with Crippen LogP contribution in [-0.2, 0) is 0 Å². The average molecular weight is 181 g/mol. The van der Waals surface area contributed by atoms with Gasteiger partial charge in [-0.25, -0.2) is 0 Å². The van der Waals surface area contributed by atoms with Crippen molar-refractivity contribution in [2.75, 3.05) is 6.54 Å². The molecule has 0 aliphatic heterocycles. The van der Waals surface area contributed by atoms with Crippen LogP contribution in [0.4, 0.5) is 0 Å². The lowest BCUT2D eigenvalue weighted by molar-refractivity contribution is 0.186. The maximum atomic E-state index is 9.47. The zero-order valence-electron chi connectivity index (χ0n) is 7.91. The summed E-state index contributed by atoms with van der Waals surface area (Å²) in [5, 5.41) is 18.9. The molecule has 3 nitrogen and oxygen atoms in total. The smallest absolute Gasteiger partial charge is 0.121 e. The third-order valence-electron chi connectivity index (χ3n) is 2.12. The fraction of sp³-hybridized carbons (Fsp3) is 0.400. The van der Waals surface area contributed by atoms with Gasteiger partial charge in [-0.05, 0) is 42.7 Å². The third-order valence-corrected chi connectivity index (χ3v) is 2.12. The number of benzene rings is 1. The number of phenols is 1. The van der Waals surface area contributed by atoms with Crippen molar-refractivity contribution in [2.45, 2.75) is 20.0 Å². The van der Waals surface area contributed by atoms with Crippen LogP contribution in [-0.4, -0.2) is 16.8 Å². The van der Waals surface area contributed by atoms with E-state index in [9.17, 15) is 10.2 Å². The van der Waals surface area contributed by atoms with Gasteiger partial charge in [-0.2, -0.15) is 0 Å². The summed E-state index contributed by atoms with van der Waals surface area (Å²) in [4.78, 5) is 0. The molecule has 13 heavy (non-hydrogen) atoms. The number of aromatic hydroxyl groups is 1. The Morgan fingerprint density at radius 1 is 1.31 bits per heavy atom. The number of hydrogen-bond acceptors (Lipinski definition) is 3. The first-order chi connectivity index (χ1) is 6.06. The Morgan fingerprint density at radius 3 is 2.15 bits per heavy atom. The Kier molecular flexibility index (Phi) is 2.90. The van der Waals surface area contributed by atoms with Gasteiger partial charge in [-0.1, -0.05) is 0 Å². The molecule has 0 unspecified atom stereocenters. The Balaban J connectivity index is 3.13. The van der Waals surface area contributed by atoms with Crippen molar-refractivity contribution >= 4 is 0 Å². The molecule has 0 aromatic heterocycles. The molecule has 0 aliphatic rings. The Labute approximate surface area is 77.8 Å². The first kappa shape index (κ1) is 10.0. The topological polar surface area (TPSA) is 66.5 Å². The molecule has 1 aromatic rings. The molecule has 3 heteroatoms. The zero-order chi connectivity index (χ0) is 10.0. The van der Waals surface area contributed by atoms with Gasteiger partial charge in [-0.15, -0.1) is 0 Å². The predicted octanol–water partition coefficient (Wildman–Crippen LogP) is 1.00. The molecule has 0 radical (unpaired) electrons. The molecule has 1 aromatic carbocycles. The van der Waals surface area contributed by atoms with Crippen molar-refractivity contribution in [3.8, 4) is 5.75 Å². The molecule has 1 rings (SSSR count). The molecule has 0 saturated carbocycles. The minimum absolute atomic E-state index is 0.198. The molecule has 0 fully saturated rings. The number of nitrogens with two attached hydrogens (primary N) is 1. The second-order valence-electron chi connectivity index (χ2n) is 3.25. The number of hydrogen-bond donors (Lipinski definition) is 3. The maximum Gasteiger partial charge on any atom is 0.121 e. The van der Waals surface area contributed by atoms with Gasteiger partial charge in [0.05, 0.1) is 6.10 Å².